The van der Waals surface area contributed by atoms with E-state index in [-0.39, 0.29) is 5.75 Å². The predicted octanol–water partition coefficient (Wildman–Crippen LogP) is 3.03. The summed E-state index contributed by atoms with van der Waals surface area (Å²) in [6.07, 6.45) is 2.24. The number of aliphatic carboxylic acids is 1. The zero-order chi connectivity index (χ0) is 14.8. The van der Waals surface area contributed by atoms with Crippen molar-refractivity contribution in [3.8, 4) is 0 Å². The van der Waals surface area contributed by atoms with E-state index in [0.717, 1.165) is 24.2 Å². The molecule has 2 aromatic rings. The summed E-state index contributed by atoms with van der Waals surface area (Å²) in [7, 11) is 0. The monoisotopic (exact) mass is 323 g/mol. The zero-order valence-electron chi connectivity index (χ0n) is 11.2. The van der Waals surface area contributed by atoms with Crippen LogP contribution >= 0.6 is 23.4 Å². The lowest BCUT2D eigenvalue weighted by atomic mass is 10.2. The smallest absolute Gasteiger partial charge is 0.313 e. The predicted molar refractivity (Wildman–Crippen MR) is 80.9 cm³/mol. The lowest BCUT2D eigenvalue weighted by Gasteiger charge is -2.09. The maximum Gasteiger partial charge on any atom is 0.313 e. The molecule has 0 atom stereocenters. The first kappa shape index (κ1) is 14.4. The Morgan fingerprint density at radius 2 is 2.24 bits per heavy atom. The Morgan fingerprint density at radius 1 is 1.43 bits per heavy atom. The summed E-state index contributed by atoms with van der Waals surface area (Å²) in [6.45, 7) is 0.612. The van der Waals surface area contributed by atoms with Gasteiger partial charge >= 0.3 is 5.97 Å². The highest BCUT2D eigenvalue weighted by atomic mass is 35.5. The van der Waals surface area contributed by atoms with Gasteiger partial charge in [-0.05, 0) is 30.5 Å². The summed E-state index contributed by atoms with van der Waals surface area (Å²) in [5, 5.41) is 18.6. The maximum atomic E-state index is 10.7. The number of carbonyl (C=O) groups is 1. The molecule has 1 fully saturated rings. The van der Waals surface area contributed by atoms with E-state index < -0.39 is 5.97 Å². The molecule has 0 aliphatic heterocycles. The summed E-state index contributed by atoms with van der Waals surface area (Å²) in [5.41, 5.74) is 1.06. The van der Waals surface area contributed by atoms with Crippen LogP contribution in [0.3, 0.4) is 0 Å². The van der Waals surface area contributed by atoms with Crippen LogP contribution in [0.25, 0.3) is 0 Å². The van der Waals surface area contributed by atoms with E-state index in [2.05, 4.69) is 10.2 Å². The van der Waals surface area contributed by atoms with Crippen LogP contribution in [0, 0.1) is 0 Å². The van der Waals surface area contributed by atoms with Gasteiger partial charge in [-0.2, -0.15) is 0 Å². The van der Waals surface area contributed by atoms with Crippen molar-refractivity contribution in [2.75, 3.05) is 5.75 Å². The fourth-order valence-corrected chi connectivity index (χ4v) is 3.02. The number of thioether (sulfide) groups is 1. The van der Waals surface area contributed by atoms with Crippen molar-refractivity contribution in [3.05, 3.63) is 40.7 Å². The van der Waals surface area contributed by atoms with Gasteiger partial charge in [0.2, 0.25) is 0 Å². The molecule has 1 aliphatic carbocycles. The SMILES string of the molecule is O=C(O)CSc1nnc(C2CC2)n1Cc1cccc(Cl)c1. The molecule has 0 unspecified atom stereocenters. The zero-order valence-corrected chi connectivity index (χ0v) is 12.8. The lowest BCUT2D eigenvalue weighted by Crippen LogP contribution is -2.07. The maximum absolute atomic E-state index is 10.7. The highest BCUT2D eigenvalue weighted by Gasteiger charge is 2.30. The van der Waals surface area contributed by atoms with E-state index in [9.17, 15) is 4.79 Å². The minimum absolute atomic E-state index is 0.0155. The summed E-state index contributed by atoms with van der Waals surface area (Å²) in [4.78, 5) is 10.7. The second-order valence-corrected chi connectivity index (χ2v) is 6.39. The summed E-state index contributed by atoms with van der Waals surface area (Å²) >= 11 is 7.22. The molecule has 0 radical (unpaired) electrons. The molecular weight excluding hydrogens is 310 g/mol. The normalized spacial score (nSPS) is 14.3. The lowest BCUT2D eigenvalue weighted by molar-refractivity contribution is -0.133. The molecule has 1 N–H and O–H groups in total. The molecule has 0 spiro atoms. The Kier molecular flexibility index (Phi) is 4.17. The Hall–Kier alpha value is -1.53. The number of nitrogens with zero attached hydrogens (tertiary/aromatic N) is 3. The average Bonchev–Trinajstić information content (AvgIpc) is 3.20. The largest absolute Gasteiger partial charge is 0.481 e. The fourth-order valence-electron chi connectivity index (χ4n) is 2.14. The molecule has 1 aromatic heterocycles. The van der Waals surface area contributed by atoms with Gasteiger partial charge in [0, 0.05) is 10.9 Å². The Bertz CT molecular complexity index is 670. The van der Waals surface area contributed by atoms with E-state index >= 15 is 0 Å². The van der Waals surface area contributed by atoms with Crippen LogP contribution < -0.4 is 0 Å². The summed E-state index contributed by atoms with van der Waals surface area (Å²) in [5.74, 6) is 0.530. The number of hydrogen-bond donors (Lipinski definition) is 1. The number of carboxylic acid groups (broad SMARTS) is 1. The van der Waals surface area contributed by atoms with Crippen molar-refractivity contribution >= 4 is 29.3 Å². The molecule has 21 heavy (non-hydrogen) atoms. The number of hydrogen-bond acceptors (Lipinski definition) is 4. The van der Waals surface area contributed by atoms with E-state index in [1.807, 2.05) is 28.8 Å². The van der Waals surface area contributed by atoms with Crippen LogP contribution in [-0.2, 0) is 11.3 Å². The van der Waals surface area contributed by atoms with Crippen LogP contribution in [0.15, 0.2) is 29.4 Å². The second kappa shape index (κ2) is 6.07. The molecule has 3 rings (SSSR count). The first-order chi connectivity index (χ1) is 10.1. The van der Waals surface area contributed by atoms with Crippen LogP contribution in [0.5, 0.6) is 0 Å². The molecule has 0 bridgehead atoms. The van der Waals surface area contributed by atoms with Gasteiger partial charge in [-0.25, -0.2) is 0 Å². The number of halogens is 1. The second-order valence-electron chi connectivity index (χ2n) is 5.01. The average molecular weight is 324 g/mol. The number of carboxylic acids is 1. The molecule has 110 valence electrons. The fraction of sp³-hybridized carbons (Fsp3) is 0.357. The molecule has 1 heterocycles. The van der Waals surface area contributed by atoms with Crippen molar-refractivity contribution < 1.29 is 9.90 Å². The van der Waals surface area contributed by atoms with Gasteiger partial charge in [0.15, 0.2) is 5.16 Å². The van der Waals surface area contributed by atoms with E-state index in [0.29, 0.717) is 22.6 Å². The van der Waals surface area contributed by atoms with Crippen LogP contribution in [0.2, 0.25) is 5.02 Å². The van der Waals surface area contributed by atoms with Gasteiger partial charge in [-0.1, -0.05) is 35.5 Å². The van der Waals surface area contributed by atoms with Gasteiger partial charge in [0.1, 0.15) is 5.82 Å². The van der Waals surface area contributed by atoms with Crippen LogP contribution in [0.1, 0.15) is 30.1 Å². The Morgan fingerprint density at radius 3 is 2.90 bits per heavy atom. The van der Waals surface area contributed by atoms with Crippen molar-refractivity contribution in [2.45, 2.75) is 30.5 Å². The molecule has 1 aliphatic rings. The summed E-state index contributed by atoms with van der Waals surface area (Å²) in [6, 6.07) is 7.64. The molecule has 5 nitrogen and oxygen atoms in total. The number of aromatic nitrogens is 3. The molecule has 0 amide bonds. The third-order valence-corrected chi connectivity index (χ3v) is 4.43. The summed E-state index contributed by atoms with van der Waals surface area (Å²) < 4.78 is 2.01. The Labute approximate surface area is 131 Å². The van der Waals surface area contributed by atoms with Gasteiger partial charge in [0.25, 0.3) is 0 Å². The van der Waals surface area contributed by atoms with Crippen molar-refractivity contribution in [2.24, 2.45) is 0 Å². The van der Waals surface area contributed by atoms with Crippen molar-refractivity contribution in [3.63, 3.8) is 0 Å². The van der Waals surface area contributed by atoms with Gasteiger partial charge in [-0.3, -0.25) is 4.79 Å². The third kappa shape index (κ3) is 3.57. The highest BCUT2D eigenvalue weighted by Crippen LogP contribution is 2.40. The van der Waals surface area contributed by atoms with E-state index in [1.54, 1.807) is 0 Å². The first-order valence-corrected chi connectivity index (χ1v) is 8.02. The number of rotatable bonds is 6. The van der Waals surface area contributed by atoms with Gasteiger partial charge < -0.3 is 9.67 Å². The standard InChI is InChI=1S/C14H14ClN3O2S/c15-11-3-1-2-9(6-11)7-18-13(10-4-5-10)16-17-14(18)21-8-12(19)20/h1-3,6,10H,4-5,7-8H2,(H,19,20). The molecule has 1 saturated carbocycles. The minimum Gasteiger partial charge on any atom is -0.481 e. The number of benzene rings is 1. The van der Waals surface area contributed by atoms with Crippen LogP contribution in [-0.4, -0.2) is 31.6 Å². The quantitative estimate of drug-likeness (QED) is 0.828. The van der Waals surface area contributed by atoms with Crippen LogP contribution in [0.4, 0.5) is 0 Å². The Balaban J connectivity index is 1.86. The molecule has 7 heteroatoms. The third-order valence-electron chi connectivity index (χ3n) is 3.24. The molecule has 1 aromatic carbocycles. The molecule has 0 saturated heterocycles. The van der Waals surface area contributed by atoms with Gasteiger partial charge in [0.05, 0.1) is 12.3 Å². The molecular formula is C14H14ClN3O2S. The van der Waals surface area contributed by atoms with Crippen molar-refractivity contribution in [1.82, 2.24) is 14.8 Å². The topological polar surface area (TPSA) is 68.0 Å². The van der Waals surface area contributed by atoms with Gasteiger partial charge in [-0.15, -0.1) is 10.2 Å². The van der Waals surface area contributed by atoms with E-state index in [4.69, 9.17) is 16.7 Å². The van der Waals surface area contributed by atoms with E-state index in [1.165, 1.54) is 11.8 Å². The minimum atomic E-state index is -0.856. The van der Waals surface area contributed by atoms with Crippen molar-refractivity contribution in [1.29, 1.82) is 0 Å². The highest BCUT2D eigenvalue weighted by molar-refractivity contribution is 7.99. The first-order valence-electron chi connectivity index (χ1n) is 6.65.